The molecule has 0 aromatic heterocycles. The lowest BCUT2D eigenvalue weighted by Crippen LogP contribution is -2.33. The first-order valence-electron chi connectivity index (χ1n) is 11.7. The van der Waals surface area contributed by atoms with Gasteiger partial charge in [-0.3, -0.25) is 10.4 Å². The average molecular weight is 583 g/mol. The molecule has 36 heavy (non-hydrogen) atoms. The van der Waals surface area contributed by atoms with Gasteiger partial charge in [0.25, 0.3) is 0 Å². The molecule has 1 unspecified atom stereocenters. The van der Waals surface area contributed by atoms with Crippen molar-refractivity contribution in [1.29, 1.82) is 0 Å². The summed E-state index contributed by atoms with van der Waals surface area (Å²) in [5, 5.41) is 3.82. The second-order valence-electron chi connectivity index (χ2n) is 8.65. The lowest BCUT2D eigenvalue weighted by Gasteiger charge is -2.21. The molecule has 190 valence electrons. The van der Waals surface area contributed by atoms with E-state index in [0.29, 0.717) is 44.6 Å². The van der Waals surface area contributed by atoms with E-state index in [1.54, 1.807) is 23.9 Å². The van der Waals surface area contributed by atoms with E-state index in [9.17, 15) is 0 Å². The van der Waals surface area contributed by atoms with Gasteiger partial charge in [-0.1, -0.05) is 71.9 Å². The number of hydrogen-bond acceptors (Lipinski definition) is 4. The number of halogens is 4. The maximum Gasteiger partial charge on any atom is 0.136 e. The van der Waals surface area contributed by atoms with Crippen LogP contribution in [0.4, 0.5) is 11.4 Å². The summed E-state index contributed by atoms with van der Waals surface area (Å²) < 4.78 is 6.12. The SMILES string of the molecule is CCCCOc1ccc(C)cc1SC1CN(c2c(Cl)cc(Cl)cc2Cl)NC1=Nc1cc(C)ccc1Cl. The summed E-state index contributed by atoms with van der Waals surface area (Å²) in [5.74, 6) is 1.61. The predicted molar refractivity (Wildman–Crippen MR) is 156 cm³/mol. The molecule has 1 saturated heterocycles. The minimum Gasteiger partial charge on any atom is -0.492 e. The highest BCUT2D eigenvalue weighted by atomic mass is 35.5. The Morgan fingerprint density at radius 1 is 0.972 bits per heavy atom. The fourth-order valence-corrected chi connectivity index (χ4v) is 6.21. The minimum absolute atomic E-state index is 0.0697. The van der Waals surface area contributed by atoms with Crippen molar-refractivity contribution in [2.24, 2.45) is 4.99 Å². The molecule has 1 aliphatic rings. The number of nitrogens with one attached hydrogen (secondary N) is 1. The number of aryl methyl sites for hydroxylation is 2. The number of hydrogen-bond donors (Lipinski definition) is 1. The molecule has 1 atom stereocenters. The maximum atomic E-state index is 6.56. The van der Waals surface area contributed by atoms with E-state index < -0.39 is 0 Å². The number of anilines is 1. The molecule has 3 aromatic rings. The van der Waals surface area contributed by atoms with Gasteiger partial charge in [-0.15, -0.1) is 11.8 Å². The molecular formula is C27H27Cl4N3OS. The third-order valence-electron chi connectivity index (χ3n) is 5.62. The second-order valence-corrected chi connectivity index (χ2v) is 11.6. The van der Waals surface area contributed by atoms with Crippen molar-refractivity contribution >= 4 is 75.4 Å². The highest BCUT2D eigenvalue weighted by Crippen LogP contribution is 2.41. The third kappa shape index (κ3) is 6.56. The Kier molecular flexibility index (Phi) is 9.24. The number of amidine groups is 1. The van der Waals surface area contributed by atoms with Crippen LogP contribution in [-0.2, 0) is 0 Å². The summed E-state index contributed by atoms with van der Waals surface area (Å²) in [5.41, 5.74) is 6.99. The van der Waals surface area contributed by atoms with Crippen LogP contribution < -0.4 is 15.2 Å². The van der Waals surface area contributed by atoms with E-state index in [4.69, 9.17) is 56.1 Å². The number of rotatable bonds is 8. The fraction of sp³-hybridized carbons (Fsp3) is 0.296. The summed E-state index contributed by atoms with van der Waals surface area (Å²) in [6.07, 6.45) is 2.08. The predicted octanol–water partition coefficient (Wildman–Crippen LogP) is 9.31. The van der Waals surface area contributed by atoms with Gasteiger partial charge >= 0.3 is 0 Å². The minimum atomic E-state index is -0.0697. The lowest BCUT2D eigenvalue weighted by atomic mass is 10.2. The molecule has 1 N–H and O–H groups in total. The summed E-state index contributed by atoms with van der Waals surface area (Å²) in [4.78, 5) is 5.99. The van der Waals surface area contributed by atoms with Gasteiger partial charge in [0.1, 0.15) is 11.6 Å². The van der Waals surface area contributed by atoms with Gasteiger partial charge in [-0.05, 0) is 67.8 Å². The Balaban J connectivity index is 1.72. The molecule has 0 aliphatic carbocycles. The van der Waals surface area contributed by atoms with E-state index >= 15 is 0 Å². The number of ether oxygens (including phenoxy) is 1. The monoisotopic (exact) mass is 581 g/mol. The first-order chi connectivity index (χ1) is 17.2. The summed E-state index contributed by atoms with van der Waals surface area (Å²) in [6, 6.07) is 15.4. The van der Waals surface area contributed by atoms with Crippen molar-refractivity contribution in [1.82, 2.24) is 5.43 Å². The van der Waals surface area contributed by atoms with Crippen LogP contribution in [0.1, 0.15) is 30.9 Å². The topological polar surface area (TPSA) is 36.9 Å². The standard InChI is InChI=1S/C27H27Cl4N3OS/c1-4-5-10-35-23-9-7-17(3)12-24(23)36-25-15-34(26-20(30)13-18(28)14-21(26)31)33-27(25)32-22-11-16(2)6-8-19(22)29/h6-9,11-14,25H,4-5,10,15H2,1-3H3,(H,32,33). The highest BCUT2D eigenvalue weighted by Gasteiger charge is 2.33. The first-order valence-corrected chi connectivity index (χ1v) is 14.1. The average Bonchev–Trinajstić information content (AvgIpc) is 3.18. The molecule has 0 spiro atoms. The molecule has 0 radical (unpaired) electrons. The largest absolute Gasteiger partial charge is 0.492 e. The number of hydrazine groups is 1. The summed E-state index contributed by atoms with van der Waals surface area (Å²) >= 11 is 27.4. The smallest absolute Gasteiger partial charge is 0.136 e. The van der Waals surface area contributed by atoms with E-state index in [2.05, 4.69) is 31.4 Å². The Bertz CT molecular complexity index is 1260. The van der Waals surface area contributed by atoms with Crippen LogP contribution >= 0.6 is 58.2 Å². The van der Waals surface area contributed by atoms with E-state index in [1.807, 2.05) is 36.2 Å². The normalized spacial score (nSPS) is 16.5. The van der Waals surface area contributed by atoms with Crippen LogP contribution in [0.15, 0.2) is 58.4 Å². The van der Waals surface area contributed by atoms with Gasteiger partial charge in [0.15, 0.2) is 0 Å². The van der Waals surface area contributed by atoms with Crippen molar-refractivity contribution in [3.05, 3.63) is 79.7 Å². The van der Waals surface area contributed by atoms with Gasteiger partial charge < -0.3 is 4.74 Å². The zero-order valence-corrected chi connectivity index (χ0v) is 24.1. The number of unbranched alkanes of at least 4 members (excludes halogenated alkanes) is 1. The molecule has 3 aromatic carbocycles. The number of nitrogens with zero attached hydrogens (tertiary/aromatic N) is 2. The Morgan fingerprint density at radius 2 is 1.67 bits per heavy atom. The van der Waals surface area contributed by atoms with Crippen LogP contribution in [0.3, 0.4) is 0 Å². The van der Waals surface area contributed by atoms with Gasteiger partial charge in [0.05, 0.1) is 49.7 Å². The Hall–Kier alpha value is -1.76. The van der Waals surface area contributed by atoms with Crippen molar-refractivity contribution in [3.8, 4) is 5.75 Å². The molecule has 0 bridgehead atoms. The molecule has 1 fully saturated rings. The maximum absolute atomic E-state index is 6.56. The third-order valence-corrected chi connectivity index (χ3v) is 7.96. The van der Waals surface area contributed by atoms with Gasteiger partial charge in [0, 0.05) is 5.02 Å². The van der Waals surface area contributed by atoms with Crippen molar-refractivity contribution in [3.63, 3.8) is 0 Å². The zero-order chi connectivity index (χ0) is 25.8. The highest BCUT2D eigenvalue weighted by molar-refractivity contribution is 8.00. The molecule has 0 amide bonds. The number of benzene rings is 3. The molecule has 4 nitrogen and oxygen atoms in total. The summed E-state index contributed by atoms with van der Waals surface area (Å²) in [6.45, 7) is 7.49. The first kappa shape index (κ1) is 27.3. The van der Waals surface area contributed by atoms with Gasteiger partial charge in [-0.25, -0.2) is 4.99 Å². The van der Waals surface area contributed by atoms with E-state index in [-0.39, 0.29) is 5.25 Å². The van der Waals surface area contributed by atoms with Crippen LogP contribution in [0, 0.1) is 13.8 Å². The molecular weight excluding hydrogens is 556 g/mol. The van der Waals surface area contributed by atoms with Crippen LogP contribution in [-0.4, -0.2) is 24.2 Å². The molecule has 9 heteroatoms. The van der Waals surface area contributed by atoms with Crippen molar-refractivity contribution in [2.75, 3.05) is 18.2 Å². The molecule has 4 rings (SSSR count). The van der Waals surface area contributed by atoms with Crippen LogP contribution in [0.5, 0.6) is 5.75 Å². The number of thioether (sulfide) groups is 1. The number of aliphatic imine (C=N–C) groups is 1. The Labute approximate surface area is 236 Å². The summed E-state index contributed by atoms with van der Waals surface area (Å²) in [7, 11) is 0. The van der Waals surface area contributed by atoms with E-state index in [0.717, 1.165) is 40.4 Å². The molecule has 1 heterocycles. The Morgan fingerprint density at radius 3 is 2.39 bits per heavy atom. The van der Waals surface area contributed by atoms with Gasteiger partial charge in [-0.2, -0.15) is 0 Å². The van der Waals surface area contributed by atoms with Crippen LogP contribution in [0.25, 0.3) is 0 Å². The zero-order valence-electron chi connectivity index (χ0n) is 20.2. The van der Waals surface area contributed by atoms with Crippen molar-refractivity contribution < 1.29 is 4.74 Å². The van der Waals surface area contributed by atoms with Crippen molar-refractivity contribution in [2.45, 2.75) is 43.8 Å². The van der Waals surface area contributed by atoms with Crippen LogP contribution in [0.2, 0.25) is 20.1 Å². The quantitative estimate of drug-likeness (QED) is 0.268. The molecule has 1 aliphatic heterocycles. The lowest BCUT2D eigenvalue weighted by molar-refractivity contribution is 0.302. The second kappa shape index (κ2) is 12.2. The van der Waals surface area contributed by atoms with Gasteiger partial charge in [0.2, 0.25) is 0 Å². The molecule has 0 saturated carbocycles. The van der Waals surface area contributed by atoms with E-state index in [1.165, 1.54) is 0 Å². The fourth-order valence-electron chi connectivity index (χ4n) is 3.78.